The zero-order valence-electron chi connectivity index (χ0n) is 84.4. The van der Waals surface area contributed by atoms with Gasteiger partial charge < -0.3 is 78.8 Å². The van der Waals surface area contributed by atoms with Crippen molar-refractivity contribution in [3.8, 4) is 69.8 Å². The molecule has 0 aliphatic carbocycles. The third-order valence-corrected chi connectivity index (χ3v) is 35.5. The second-order valence-electron chi connectivity index (χ2n) is 39.0. The van der Waals surface area contributed by atoms with Crippen LogP contribution >= 0.6 is 0 Å². The molecule has 0 spiro atoms. The first-order valence-electron chi connectivity index (χ1n) is 51.7. The van der Waals surface area contributed by atoms with Gasteiger partial charge in [-0.3, -0.25) is 13.7 Å². The van der Waals surface area contributed by atoms with Gasteiger partial charge in [-0.1, -0.05) is 30.3 Å². The van der Waals surface area contributed by atoms with Crippen LogP contribution in [0.1, 0.15) is 128 Å². The SMILES string of the molecule is COc1cc2c(NC3CCS(=O)(=O)CC3)nc(-n3ccc4ccccc43)nc2cc1OCCCN1CCCC1.COc1cc2c(NC3CCS(=O)(=O)CC3)nc(-n3ccnc3)nc2cc1OCCCN1CCCC1.COc1cc2c(NC3CCS(=O)(=O)CC3)nc(-n3cnc4ccccc43)nc2cc1OCCCN1CCCC1.COc1cc2c(NC3CCS(=O)(=O)CC3)nc(-n3cncn3)nc2cc1OCCCN1CCCC1. The molecule has 788 valence electrons. The molecular formula is C104H132N24O16S4. The molecule has 6 aromatic carbocycles. The molecule has 8 saturated heterocycles. The highest BCUT2D eigenvalue weighted by Gasteiger charge is 2.33. The lowest BCUT2D eigenvalue weighted by Gasteiger charge is -2.24. The van der Waals surface area contributed by atoms with Crippen molar-refractivity contribution in [1.82, 2.24) is 97.9 Å². The van der Waals surface area contributed by atoms with Gasteiger partial charge in [0.1, 0.15) is 87.9 Å². The summed E-state index contributed by atoms with van der Waals surface area (Å²) in [6.45, 7) is 15.9. The van der Waals surface area contributed by atoms with Gasteiger partial charge in [0, 0.05) is 120 Å². The minimum Gasteiger partial charge on any atom is -0.493 e. The van der Waals surface area contributed by atoms with Crippen LogP contribution in [0.15, 0.2) is 147 Å². The van der Waals surface area contributed by atoms with Gasteiger partial charge in [-0.15, -0.1) is 0 Å². The van der Waals surface area contributed by atoms with Crippen LogP contribution in [-0.2, 0) is 39.3 Å². The topological polar surface area (TPSA) is 446 Å². The summed E-state index contributed by atoms with van der Waals surface area (Å²) in [6.07, 6.45) is 30.1. The maximum atomic E-state index is 12.0. The Morgan fingerprint density at radius 1 is 0.324 bits per heavy atom. The molecule has 0 bridgehead atoms. The molecular weight excluding hydrogens is 1970 g/mol. The van der Waals surface area contributed by atoms with Gasteiger partial charge in [0.05, 0.1) is 140 Å². The Balaban J connectivity index is 0.000000124. The third-order valence-electron chi connectivity index (χ3n) is 28.6. The summed E-state index contributed by atoms with van der Waals surface area (Å²) < 4.78 is 150. The van der Waals surface area contributed by atoms with Crippen molar-refractivity contribution >= 4 is 128 Å². The first-order chi connectivity index (χ1) is 72.0. The van der Waals surface area contributed by atoms with E-state index in [9.17, 15) is 33.7 Å². The van der Waals surface area contributed by atoms with Gasteiger partial charge in [-0.2, -0.15) is 29.7 Å². The number of para-hydroxylation sites is 3. The van der Waals surface area contributed by atoms with Crippen LogP contribution in [0, 0.1) is 0 Å². The van der Waals surface area contributed by atoms with Crippen LogP contribution < -0.4 is 59.2 Å². The summed E-state index contributed by atoms with van der Waals surface area (Å²) in [6, 6.07) is 33.2. The number of methoxy groups -OCH3 is 4. The third kappa shape index (κ3) is 26.4. The number of imidazole rings is 2. The van der Waals surface area contributed by atoms with Crippen LogP contribution in [0.2, 0.25) is 0 Å². The Labute approximate surface area is 862 Å². The average molecular weight is 2100 g/mol. The van der Waals surface area contributed by atoms with Crippen molar-refractivity contribution < 1.29 is 71.6 Å². The number of aromatic nitrogens is 16. The molecule has 4 N–H and O–H groups in total. The van der Waals surface area contributed by atoms with E-state index in [1.165, 1.54) is 121 Å². The Bertz CT molecular complexity index is 6920. The van der Waals surface area contributed by atoms with Crippen LogP contribution in [-0.4, -0.2) is 335 Å². The predicted octanol–water partition coefficient (Wildman–Crippen LogP) is 13.0. The molecule has 8 fully saturated rings. The fraction of sp³-hybridized carbons (Fsp3) is 0.500. The van der Waals surface area contributed by atoms with Gasteiger partial charge in [-0.05, 0) is 229 Å². The highest BCUT2D eigenvalue weighted by molar-refractivity contribution is 7.92. The summed E-state index contributed by atoms with van der Waals surface area (Å²) in [5.41, 5.74) is 5.59. The van der Waals surface area contributed by atoms with Gasteiger partial charge in [-0.25, -0.2) is 68.6 Å². The number of ether oxygens (including phenoxy) is 8. The van der Waals surface area contributed by atoms with Crippen LogP contribution in [0.4, 0.5) is 23.3 Å². The molecule has 0 unspecified atom stereocenters. The summed E-state index contributed by atoms with van der Waals surface area (Å²) in [4.78, 5) is 61.1. The lowest BCUT2D eigenvalue weighted by molar-refractivity contribution is 0.254. The number of nitrogens with zero attached hydrogens (tertiary/aromatic N) is 20. The van der Waals surface area contributed by atoms with Crippen molar-refractivity contribution in [2.75, 3.05) is 201 Å². The Morgan fingerprint density at radius 2 is 0.655 bits per heavy atom. The first-order valence-corrected chi connectivity index (χ1v) is 59.0. The normalized spacial score (nSPS) is 18.4. The number of anilines is 4. The Kier molecular flexibility index (Phi) is 33.6. The van der Waals surface area contributed by atoms with Crippen LogP contribution in [0.25, 0.3) is 89.3 Å². The number of sulfone groups is 4. The summed E-state index contributed by atoms with van der Waals surface area (Å²) in [7, 11) is -5.35. The lowest BCUT2D eigenvalue weighted by atomic mass is 10.1. The maximum Gasteiger partial charge on any atom is 0.254 e. The predicted molar refractivity (Wildman–Crippen MR) is 572 cm³/mol. The smallest absolute Gasteiger partial charge is 0.254 e. The fourth-order valence-electron chi connectivity index (χ4n) is 20.3. The number of nitrogens with one attached hydrogen (secondary N) is 4. The number of likely N-dealkylation sites (tertiary alicyclic amines) is 4. The summed E-state index contributed by atoms with van der Waals surface area (Å²) >= 11 is 0. The monoisotopic (exact) mass is 2100 g/mol. The van der Waals surface area contributed by atoms with Crippen molar-refractivity contribution in [2.45, 2.75) is 153 Å². The zero-order chi connectivity index (χ0) is 102. The van der Waals surface area contributed by atoms with E-state index in [1.807, 2.05) is 112 Å². The molecule has 8 aliphatic rings. The van der Waals surface area contributed by atoms with E-state index in [0.29, 0.717) is 187 Å². The average Bonchev–Trinajstić information content (AvgIpc) is 1.82. The second-order valence-corrected chi connectivity index (χ2v) is 48.2. The molecule has 22 rings (SSSR count). The van der Waals surface area contributed by atoms with Gasteiger partial charge >= 0.3 is 0 Å². The van der Waals surface area contributed by atoms with E-state index in [1.54, 1.807) is 58.1 Å². The van der Waals surface area contributed by atoms with E-state index >= 15 is 0 Å². The second kappa shape index (κ2) is 47.8. The number of hydrogen-bond acceptors (Lipinski definition) is 36. The number of fused-ring (bicyclic) bond motifs is 6. The molecule has 16 heterocycles. The molecule has 14 aromatic rings. The van der Waals surface area contributed by atoms with E-state index < -0.39 is 39.3 Å². The molecule has 8 aliphatic heterocycles. The molecule has 8 aromatic heterocycles. The van der Waals surface area contributed by atoms with Crippen molar-refractivity contribution in [3.05, 3.63) is 147 Å². The van der Waals surface area contributed by atoms with Gasteiger partial charge in [0.25, 0.3) is 5.95 Å². The van der Waals surface area contributed by atoms with Gasteiger partial charge in [0.2, 0.25) is 17.8 Å². The van der Waals surface area contributed by atoms with E-state index in [0.717, 1.165) is 101 Å². The molecule has 40 nitrogen and oxygen atoms in total. The lowest BCUT2D eigenvalue weighted by Crippen LogP contribution is -2.32. The van der Waals surface area contributed by atoms with Gasteiger partial charge in [0.15, 0.2) is 46.0 Å². The number of rotatable bonds is 36. The fourth-order valence-corrected chi connectivity index (χ4v) is 26.3. The maximum absolute atomic E-state index is 12.0. The van der Waals surface area contributed by atoms with Crippen molar-refractivity contribution in [2.24, 2.45) is 0 Å². The summed E-state index contributed by atoms with van der Waals surface area (Å²) in [5, 5.41) is 22.4. The highest BCUT2D eigenvalue weighted by atomic mass is 32.2. The molecule has 0 atom stereocenters. The molecule has 44 heteroatoms. The van der Waals surface area contributed by atoms with E-state index in [-0.39, 0.29) is 70.2 Å². The number of hydrogen-bond donors (Lipinski definition) is 4. The highest BCUT2D eigenvalue weighted by Crippen LogP contribution is 2.42. The minimum atomic E-state index is -2.98. The Hall–Kier alpha value is -12.7. The van der Waals surface area contributed by atoms with Crippen LogP contribution in [0.3, 0.4) is 0 Å². The largest absolute Gasteiger partial charge is 0.493 e. The Morgan fingerprint density at radius 3 is 1.01 bits per heavy atom. The van der Waals surface area contributed by atoms with Crippen LogP contribution in [0.5, 0.6) is 46.0 Å². The van der Waals surface area contributed by atoms with E-state index in [4.69, 9.17) is 72.8 Å². The van der Waals surface area contributed by atoms with Crippen molar-refractivity contribution in [1.29, 1.82) is 0 Å². The zero-order valence-corrected chi connectivity index (χ0v) is 87.7. The number of benzene rings is 6. The van der Waals surface area contributed by atoms with Crippen molar-refractivity contribution in [3.63, 3.8) is 0 Å². The standard InChI is InChI=1S/C29H35N5O4S.C28H34N6O4S.C24H32N6O4S.C23H31N7O4S/c1-37-26-19-23-24(20-27(26)38-16-6-14-33-12-4-5-13-33)31-29(34-15-9-21-7-2-3-8-25(21)34)32-28(23)30-22-10-17-39(35,36)18-11-22;1-37-25-17-21-23(18-26(25)38-14-6-13-33-11-4-5-12-33)31-28(34-19-29-22-7-2-3-8-24(22)34)32-27(21)30-20-9-15-39(35,36)16-10-20;1-33-21-15-19-20(16-22(21)34-12-4-10-29-8-2-3-9-29)27-24(30-11-7-25-17-30)28-23(19)26-18-5-13-35(31,32)14-6-18;1-33-20-13-18-19(14-21(20)34-10-4-9-29-7-2-3-8-29)27-23(30-16-24-15-25-30)28-22(18)26-17-5-11-35(31,32)12-6-17/h2-3,7-9,15,19-20,22H,4-6,10-14,16-18H2,1H3,(H,30,31,32);2-3,7-8,17-20H,4-6,9-16H2,1H3,(H,30,31,32);7,11,15-18H,2-6,8-10,12-14H2,1H3,(H,26,27,28);13-17H,2-12H2,1H3,(H,26,27,28). The molecule has 0 radical (unpaired) electrons. The molecule has 0 saturated carbocycles. The van der Waals surface area contributed by atoms with E-state index in [2.05, 4.69) is 72.0 Å². The quantitative estimate of drug-likeness (QED) is 0.0265. The first kappa shape index (κ1) is 104. The molecule has 0 amide bonds. The summed E-state index contributed by atoms with van der Waals surface area (Å²) in [5.74, 6) is 10.8. The molecule has 148 heavy (non-hydrogen) atoms. The minimum absolute atomic E-state index is 0.00673.